The van der Waals surface area contributed by atoms with Crippen molar-refractivity contribution in [2.75, 3.05) is 18.4 Å². The van der Waals surface area contributed by atoms with E-state index in [2.05, 4.69) is 20.9 Å². The molecule has 0 bridgehead atoms. The van der Waals surface area contributed by atoms with Crippen LogP contribution in [0, 0.1) is 10.1 Å². The molecule has 0 saturated heterocycles. The second kappa shape index (κ2) is 13.0. The molecule has 0 saturated carbocycles. The number of hydrogen-bond donors (Lipinski definition) is 4. The quantitative estimate of drug-likeness (QED) is 0.194. The monoisotopic (exact) mass is 477 g/mol. The number of unbranched alkanes of at least 4 members (excludes halogenated alkanes) is 1. The molecule has 1 heterocycles. The number of nitrogens with zero attached hydrogens (tertiary/aromatic N) is 2. The van der Waals surface area contributed by atoms with Crippen LogP contribution in [0.5, 0.6) is 0 Å². The SMILES string of the molecule is O=C(O)CC(NC(=O)CNC(=O)CCCCNc1ccccn1)c1ccc(Cl)c([N+](=O)[O-])c1. The van der Waals surface area contributed by atoms with Gasteiger partial charge in [-0.25, -0.2) is 4.98 Å². The second-order valence-corrected chi connectivity index (χ2v) is 7.47. The predicted octanol–water partition coefficient (Wildman–Crippen LogP) is 2.67. The molecule has 0 fully saturated rings. The van der Waals surface area contributed by atoms with Crippen LogP contribution < -0.4 is 16.0 Å². The average Bonchev–Trinajstić information content (AvgIpc) is 2.77. The number of carbonyl (C=O) groups excluding carboxylic acids is 2. The van der Waals surface area contributed by atoms with Crippen molar-refractivity contribution in [1.82, 2.24) is 15.6 Å². The van der Waals surface area contributed by atoms with Crippen molar-refractivity contribution in [3.63, 3.8) is 0 Å². The summed E-state index contributed by atoms with van der Waals surface area (Å²) in [6.07, 6.45) is 2.73. The Kier molecular flexibility index (Phi) is 10.0. The van der Waals surface area contributed by atoms with Gasteiger partial charge in [0, 0.05) is 25.2 Å². The highest BCUT2D eigenvalue weighted by molar-refractivity contribution is 6.32. The number of pyridine rings is 1. The highest BCUT2D eigenvalue weighted by atomic mass is 35.5. The van der Waals surface area contributed by atoms with Crippen molar-refractivity contribution >= 4 is 40.9 Å². The molecule has 176 valence electrons. The van der Waals surface area contributed by atoms with Gasteiger partial charge in [0.2, 0.25) is 11.8 Å². The van der Waals surface area contributed by atoms with Gasteiger partial charge in [0.15, 0.2) is 0 Å². The maximum absolute atomic E-state index is 12.2. The minimum Gasteiger partial charge on any atom is -0.481 e. The molecule has 1 unspecified atom stereocenters. The summed E-state index contributed by atoms with van der Waals surface area (Å²) in [6, 6.07) is 8.28. The normalized spacial score (nSPS) is 11.3. The second-order valence-electron chi connectivity index (χ2n) is 7.06. The summed E-state index contributed by atoms with van der Waals surface area (Å²) < 4.78 is 0. The number of benzene rings is 1. The smallest absolute Gasteiger partial charge is 0.305 e. The first-order chi connectivity index (χ1) is 15.8. The van der Waals surface area contributed by atoms with Crippen molar-refractivity contribution in [2.24, 2.45) is 0 Å². The summed E-state index contributed by atoms with van der Waals surface area (Å²) in [4.78, 5) is 49.9. The third kappa shape index (κ3) is 9.11. The van der Waals surface area contributed by atoms with E-state index in [0.717, 1.165) is 18.3 Å². The van der Waals surface area contributed by atoms with E-state index in [4.69, 9.17) is 16.7 Å². The lowest BCUT2D eigenvalue weighted by Crippen LogP contribution is -2.39. The van der Waals surface area contributed by atoms with Gasteiger partial charge in [0.25, 0.3) is 5.69 Å². The summed E-state index contributed by atoms with van der Waals surface area (Å²) in [5.74, 6) is -1.40. The molecule has 0 aliphatic rings. The number of aromatic nitrogens is 1. The Bertz CT molecular complexity index is 988. The average molecular weight is 478 g/mol. The molecule has 11 nitrogen and oxygen atoms in total. The predicted molar refractivity (Wildman–Crippen MR) is 121 cm³/mol. The molecule has 33 heavy (non-hydrogen) atoms. The summed E-state index contributed by atoms with van der Waals surface area (Å²) in [6.45, 7) is 0.297. The van der Waals surface area contributed by atoms with Crippen LogP contribution in [0.4, 0.5) is 11.5 Å². The van der Waals surface area contributed by atoms with Gasteiger partial charge in [0.05, 0.1) is 23.9 Å². The van der Waals surface area contributed by atoms with Crippen molar-refractivity contribution in [1.29, 1.82) is 0 Å². The third-order valence-electron chi connectivity index (χ3n) is 4.53. The largest absolute Gasteiger partial charge is 0.481 e. The Hall–Kier alpha value is -3.73. The molecule has 0 aliphatic carbocycles. The Morgan fingerprint density at radius 2 is 1.94 bits per heavy atom. The molecule has 2 aromatic rings. The molecule has 4 N–H and O–H groups in total. The van der Waals surface area contributed by atoms with Gasteiger partial charge in [-0.1, -0.05) is 23.7 Å². The van der Waals surface area contributed by atoms with Crippen molar-refractivity contribution in [2.45, 2.75) is 31.7 Å². The lowest BCUT2D eigenvalue weighted by Gasteiger charge is -2.18. The molecule has 1 aromatic carbocycles. The van der Waals surface area contributed by atoms with Crippen LogP contribution in [0.1, 0.15) is 37.3 Å². The van der Waals surface area contributed by atoms with Gasteiger partial charge in [0.1, 0.15) is 10.8 Å². The number of nitro groups is 1. The van der Waals surface area contributed by atoms with Crippen molar-refractivity contribution in [3.8, 4) is 0 Å². The number of carboxylic acids is 1. The van der Waals surface area contributed by atoms with Crippen LogP contribution in [-0.4, -0.2) is 45.9 Å². The van der Waals surface area contributed by atoms with Gasteiger partial charge in [-0.2, -0.15) is 0 Å². The van der Waals surface area contributed by atoms with Crippen LogP contribution in [0.15, 0.2) is 42.6 Å². The summed E-state index contributed by atoms with van der Waals surface area (Å²) in [5.41, 5.74) is -0.182. The fourth-order valence-corrected chi connectivity index (χ4v) is 3.11. The number of carboxylic acid groups (broad SMARTS) is 1. The number of nitro benzene ring substituents is 1. The number of nitrogens with one attached hydrogen (secondary N) is 3. The van der Waals surface area contributed by atoms with E-state index in [9.17, 15) is 24.5 Å². The van der Waals surface area contributed by atoms with E-state index < -0.39 is 34.9 Å². The van der Waals surface area contributed by atoms with E-state index in [1.165, 1.54) is 12.1 Å². The van der Waals surface area contributed by atoms with Crippen LogP contribution in [-0.2, 0) is 14.4 Å². The van der Waals surface area contributed by atoms with Gasteiger partial charge in [-0.15, -0.1) is 0 Å². The molecule has 0 radical (unpaired) electrons. The van der Waals surface area contributed by atoms with E-state index in [1.807, 2.05) is 18.2 Å². The highest BCUT2D eigenvalue weighted by Crippen LogP contribution is 2.28. The van der Waals surface area contributed by atoms with Crippen LogP contribution in [0.3, 0.4) is 0 Å². The zero-order valence-corrected chi connectivity index (χ0v) is 18.4. The van der Waals surface area contributed by atoms with Crippen LogP contribution >= 0.6 is 11.6 Å². The lowest BCUT2D eigenvalue weighted by molar-refractivity contribution is -0.384. The molecule has 1 aromatic heterocycles. The summed E-state index contributed by atoms with van der Waals surface area (Å²) in [5, 5.41) is 28.2. The Morgan fingerprint density at radius 1 is 1.15 bits per heavy atom. The standard InChI is InChI=1S/C21H24ClN5O6/c22-15-8-7-14(11-17(15)27(32)33)16(12-21(30)31)26-20(29)13-25-19(28)6-2-4-10-24-18-5-1-3-9-23-18/h1,3,5,7-9,11,16H,2,4,6,10,12-13H2,(H,23,24)(H,25,28)(H,26,29)(H,30,31). The van der Waals surface area contributed by atoms with Crippen LogP contribution in [0.2, 0.25) is 5.02 Å². The third-order valence-corrected chi connectivity index (χ3v) is 4.85. The number of anilines is 1. The topological polar surface area (TPSA) is 164 Å². The van der Waals surface area contributed by atoms with Crippen LogP contribution in [0.25, 0.3) is 0 Å². The van der Waals surface area contributed by atoms with Gasteiger partial charge in [-0.3, -0.25) is 24.5 Å². The van der Waals surface area contributed by atoms with E-state index >= 15 is 0 Å². The molecule has 2 rings (SSSR count). The molecule has 1 atom stereocenters. The molecule has 0 aliphatic heterocycles. The highest BCUT2D eigenvalue weighted by Gasteiger charge is 2.22. The zero-order valence-electron chi connectivity index (χ0n) is 17.6. The Morgan fingerprint density at radius 3 is 2.61 bits per heavy atom. The first kappa shape index (κ1) is 25.5. The van der Waals surface area contributed by atoms with Gasteiger partial charge in [-0.05, 0) is 36.6 Å². The number of rotatable bonds is 13. The maximum atomic E-state index is 12.2. The molecule has 12 heteroatoms. The zero-order chi connectivity index (χ0) is 24.2. The number of amides is 2. The Labute approximate surface area is 194 Å². The number of hydrogen-bond acceptors (Lipinski definition) is 7. The first-order valence-corrected chi connectivity index (χ1v) is 10.5. The first-order valence-electron chi connectivity index (χ1n) is 10.1. The lowest BCUT2D eigenvalue weighted by atomic mass is 10.0. The number of carbonyl (C=O) groups is 3. The van der Waals surface area contributed by atoms with Gasteiger partial charge >= 0.3 is 5.97 Å². The molecular formula is C21H24ClN5O6. The van der Waals surface area contributed by atoms with E-state index in [0.29, 0.717) is 13.0 Å². The minimum absolute atomic E-state index is 0.105. The summed E-state index contributed by atoms with van der Waals surface area (Å²) in [7, 11) is 0. The number of aliphatic carboxylic acids is 1. The van der Waals surface area contributed by atoms with E-state index in [1.54, 1.807) is 6.20 Å². The maximum Gasteiger partial charge on any atom is 0.305 e. The summed E-state index contributed by atoms with van der Waals surface area (Å²) >= 11 is 5.78. The minimum atomic E-state index is -1.21. The molecule has 2 amide bonds. The number of halogens is 1. The van der Waals surface area contributed by atoms with Crippen molar-refractivity contribution < 1.29 is 24.4 Å². The Balaban J connectivity index is 1.79. The van der Waals surface area contributed by atoms with E-state index in [-0.39, 0.29) is 29.5 Å². The fraction of sp³-hybridized carbons (Fsp3) is 0.333. The molecular weight excluding hydrogens is 454 g/mol. The fourth-order valence-electron chi connectivity index (χ4n) is 2.92. The van der Waals surface area contributed by atoms with Gasteiger partial charge < -0.3 is 21.1 Å². The van der Waals surface area contributed by atoms with Crippen molar-refractivity contribution in [3.05, 3.63) is 63.3 Å². The molecule has 0 spiro atoms.